The Labute approximate surface area is 379 Å². The molecule has 1 atom stereocenters. The van der Waals surface area contributed by atoms with E-state index in [1.165, 1.54) is 36.2 Å². The van der Waals surface area contributed by atoms with Gasteiger partial charge in [0.15, 0.2) is 0 Å². The number of benzene rings is 2. The maximum atomic E-state index is 13.0. The van der Waals surface area contributed by atoms with Crippen LogP contribution in [0.3, 0.4) is 0 Å². The van der Waals surface area contributed by atoms with Crippen molar-refractivity contribution in [3.05, 3.63) is 104 Å². The molecular weight excluding hydrogens is 928 g/mol. The third kappa shape index (κ3) is 18.7. The predicted octanol–water partition coefficient (Wildman–Crippen LogP) is 5.49. The maximum Gasteiger partial charge on any atom is 0.349 e. The Morgan fingerprint density at radius 1 is 1.02 bits per heavy atom. The lowest BCUT2D eigenvalue weighted by molar-refractivity contribution is -0.193. The molecule has 346 valence electrons. The highest BCUT2D eigenvalue weighted by Gasteiger charge is 2.39. The van der Waals surface area contributed by atoms with Crippen LogP contribution in [0.4, 0.5) is 25.0 Å². The summed E-state index contributed by atoms with van der Waals surface area (Å²) in [4.78, 5) is 92.6. The minimum Gasteiger partial charge on any atom is -0.778 e. The van der Waals surface area contributed by atoms with E-state index in [0.29, 0.717) is 57.2 Å². The van der Waals surface area contributed by atoms with E-state index in [9.17, 15) is 47.0 Å². The number of carboxylic acids is 2. The van der Waals surface area contributed by atoms with Gasteiger partial charge in [0.05, 0.1) is 55.2 Å². The molecule has 2 heterocycles. The SMILES string of the molecule is C/C(=N\NC(=O)Nc1cc(F)cc(F)c1)c1ncccc1C(=O)O.CCOC(=O)/C(Cl)=C/c1cc(N2C(=O)C3=C(CCCC3)C2=O)ccc1Cl.C[S+](C)C.O=C(O)CNCP(=O)([O-])O. The zero-order valence-corrected chi connectivity index (χ0v) is 38.2. The predicted molar refractivity (Wildman–Crippen MR) is 237 cm³/mol. The summed E-state index contributed by atoms with van der Waals surface area (Å²) in [6, 6.07) is 9.21. The average molecular weight is 974 g/mol. The van der Waals surface area contributed by atoms with Crippen LogP contribution in [0.15, 0.2) is 76.0 Å². The minimum atomic E-state index is -4.35. The van der Waals surface area contributed by atoms with Crippen molar-refractivity contribution in [2.45, 2.75) is 39.5 Å². The van der Waals surface area contributed by atoms with Crippen molar-refractivity contribution in [1.82, 2.24) is 15.7 Å². The Morgan fingerprint density at radius 2 is 1.59 bits per heavy atom. The number of aromatic nitrogens is 1. The summed E-state index contributed by atoms with van der Waals surface area (Å²) in [6.45, 7) is 2.85. The molecule has 0 fully saturated rings. The van der Waals surface area contributed by atoms with Crippen LogP contribution in [-0.4, -0.2) is 99.8 Å². The first-order chi connectivity index (χ1) is 29.9. The summed E-state index contributed by atoms with van der Waals surface area (Å²) >= 11 is 12.1. The lowest BCUT2D eigenvalue weighted by atomic mass is 9.93. The molecule has 0 saturated heterocycles. The second-order valence-electron chi connectivity index (χ2n) is 13.5. The molecule has 1 aliphatic heterocycles. The van der Waals surface area contributed by atoms with E-state index in [-0.39, 0.29) is 46.1 Å². The summed E-state index contributed by atoms with van der Waals surface area (Å²) < 4.78 is 40.8. The fourth-order valence-corrected chi connectivity index (χ4v) is 6.03. The van der Waals surface area contributed by atoms with Crippen LogP contribution < -0.4 is 25.9 Å². The van der Waals surface area contributed by atoms with E-state index in [1.54, 1.807) is 25.1 Å². The molecule has 24 heteroatoms. The third-order valence-corrected chi connectivity index (χ3v) is 9.03. The van der Waals surface area contributed by atoms with Gasteiger partial charge in [-0.1, -0.05) is 23.2 Å². The van der Waals surface area contributed by atoms with Crippen LogP contribution >= 0.6 is 30.8 Å². The monoisotopic (exact) mass is 972 g/mol. The number of esters is 1. The Morgan fingerprint density at radius 3 is 2.11 bits per heavy atom. The standard InChI is InChI=1S/C19H17Cl2NO4.C15H12F2N4O3.C3H8NO5P.C3H9S/c1-2-26-19(25)16(21)10-11-9-12(7-8-15(11)20)22-17(23)13-5-3-4-6-14(13)18(22)24;1-8(13-12(14(22)23)3-2-4-18-13)20-21-15(24)19-11-6-9(16)5-10(17)7-11;5-3(6)1-4-2-10(7,8)9;1-4(2)3/h7-10H,2-6H2,1H3;2-7H,1H3,(H,22,23)(H2,19,21,24);4H,1-2H2,(H,5,6)(H2,7,8,9);1-3H3/q;;;+1/p-1/b16-10-;20-8+;;. The molecule has 18 nitrogen and oxygen atoms in total. The number of hydrazone groups is 1. The second-order valence-corrected chi connectivity index (χ2v) is 18.4. The topological polar surface area (TPSA) is 277 Å². The number of anilines is 2. The molecule has 2 aliphatic rings. The number of hydrogen-bond donors (Lipinski definition) is 6. The van der Waals surface area contributed by atoms with Gasteiger partial charge in [-0.05, 0) is 105 Å². The van der Waals surface area contributed by atoms with Crippen LogP contribution in [0.25, 0.3) is 6.08 Å². The number of imide groups is 1. The zero-order chi connectivity index (χ0) is 48.3. The van der Waals surface area contributed by atoms with Gasteiger partial charge in [-0.2, -0.15) is 5.10 Å². The lowest BCUT2D eigenvalue weighted by Crippen LogP contribution is -2.31. The first kappa shape index (κ1) is 54.6. The van der Waals surface area contributed by atoms with E-state index in [4.69, 9.17) is 43.0 Å². The number of carbonyl (C=O) groups excluding carboxylic acids is 4. The van der Waals surface area contributed by atoms with Gasteiger partial charge >= 0.3 is 23.9 Å². The largest absolute Gasteiger partial charge is 0.778 e. The van der Waals surface area contributed by atoms with E-state index in [1.807, 2.05) is 5.32 Å². The molecule has 4 amide bonds. The number of carboxylic acid groups (broad SMARTS) is 2. The molecule has 0 spiro atoms. The van der Waals surface area contributed by atoms with E-state index >= 15 is 0 Å². The van der Waals surface area contributed by atoms with Crippen LogP contribution in [0, 0.1) is 11.6 Å². The molecular formula is C40H45Cl2F2N6O12PS. The van der Waals surface area contributed by atoms with Crippen molar-refractivity contribution in [2.24, 2.45) is 5.10 Å². The lowest BCUT2D eigenvalue weighted by Gasteiger charge is -2.16. The summed E-state index contributed by atoms with van der Waals surface area (Å²) in [5.41, 5.74) is 4.20. The highest BCUT2D eigenvalue weighted by Crippen LogP contribution is 2.37. The Hall–Kier alpha value is -5.54. The number of carbonyl (C=O) groups is 6. The Bertz CT molecular complexity index is 2310. The van der Waals surface area contributed by atoms with Crippen molar-refractivity contribution in [2.75, 3.05) is 48.4 Å². The number of aliphatic carboxylic acids is 1. The highest BCUT2D eigenvalue weighted by molar-refractivity contribution is 7.94. The zero-order valence-electron chi connectivity index (χ0n) is 34.9. The highest BCUT2D eigenvalue weighted by atomic mass is 35.5. The number of halogens is 4. The van der Waals surface area contributed by atoms with Crippen molar-refractivity contribution < 1.29 is 66.8 Å². The Balaban J connectivity index is 0.000000342. The van der Waals surface area contributed by atoms with Gasteiger partial charge in [0.2, 0.25) is 0 Å². The number of hydrogen-bond acceptors (Lipinski definition) is 12. The van der Waals surface area contributed by atoms with Gasteiger partial charge < -0.3 is 34.6 Å². The summed E-state index contributed by atoms with van der Waals surface area (Å²) in [7, 11) is -3.71. The van der Waals surface area contributed by atoms with Gasteiger partial charge in [0.25, 0.3) is 11.8 Å². The molecule has 64 heavy (non-hydrogen) atoms. The quantitative estimate of drug-likeness (QED) is 0.0249. The van der Waals surface area contributed by atoms with Crippen LogP contribution in [0.1, 0.15) is 61.1 Å². The number of urea groups is 1. The van der Waals surface area contributed by atoms with E-state index in [0.717, 1.165) is 25.0 Å². The fourth-order valence-electron chi connectivity index (χ4n) is 5.29. The number of amides is 4. The number of nitrogens with zero attached hydrogens (tertiary/aromatic N) is 3. The number of nitrogens with one attached hydrogen (secondary N) is 3. The van der Waals surface area contributed by atoms with Crippen molar-refractivity contribution in [3.63, 3.8) is 0 Å². The summed E-state index contributed by atoms with van der Waals surface area (Å²) in [5.74, 6) is -5.27. The van der Waals surface area contributed by atoms with Crippen molar-refractivity contribution >= 4 is 101 Å². The van der Waals surface area contributed by atoms with Crippen LogP contribution in [0.2, 0.25) is 5.02 Å². The Kier molecular flexibility index (Phi) is 22.4. The van der Waals surface area contributed by atoms with Crippen LogP contribution in [0.5, 0.6) is 0 Å². The third-order valence-electron chi connectivity index (χ3n) is 7.80. The molecule has 0 saturated carbocycles. The van der Waals surface area contributed by atoms with Crippen molar-refractivity contribution in [1.29, 1.82) is 0 Å². The van der Waals surface area contributed by atoms with E-state index in [2.05, 4.69) is 39.6 Å². The molecule has 0 bridgehead atoms. The van der Waals surface area contributed by atoms with Crippen LogP contribution in [-0.2, 0) is 39.4 Å². The average Bonchev–Trinajstić information content (AvgIpc) is 3.45. The first-order valence-electron chi connectivity index (χ1n) is 18.6. The summed E-state index contributed by atoms with van der Waals surface area (Å²) in [5, 5.41) is 25.2. The second kappa shape index (κ2) is 26.3. The molecule has 5 rings (SSSR count). The molecule has 6 N–H and O–H groups in total. The van der Waals surface area contributed by atoms with Crippen molar-refractivity contribution in [3.8, 4) is 0 Å². The van der Waals surface area contributed by atoms with Gasteiger partial charge in [-0.3, -0.25) is 24.7 Å². The number of rotatable bonds is 12. The number of pyridine rings is 1. The maximum absolute atomic E-state index is 13.0. The molecule has 1 aromatic heterocycles. The molecule has 3 aromatic rings. The minimum absolute atomic E-state index is 0.0758. The molecule has 1 unspecified atom stereocenters. The van der Waals surface area contributed by atoms with Gasteiger partial charge in [-0.15, -0.1) is 0 Å². The molecule has 2 aromatic carbocycles. The smallest absolute Gasteiger partial charge is 0.349 e. The van der Waals surface area contributed by atoms with Gasteiger partial charge in [0.1, 0.15) is 30.0 Å². The normalized spacial score (nSPS) is 14.4. The molecule has 1 aliphatic carbocycles. The molecule has 0 radical (unpaired) electrons. The van der Waals surface area contributed by atoms with Gasteiger partial charge in [-0.25, -0.2) is 33.5 Å². The van der Waals surface area contributed by atoms with E-state index < -0.39 is 56.0 Å². The first-order valence-corrected chi connectivity index (χ1v) is 23.6. The van der Waals surface area contributed by atoms with Gasteiger partial charge in [0, 0.05) is 34.1 Å². The fraction of sp³-hybridized carbons (Fsp3) is 0.300. The number of aromatic carboxylic acids is 1. The number of ether oxygens (including phenoxy) is 1. The summed E-state index contributed by atoms with van der Waals surface area (Å²) in [6.07, 6.45) is 11.7.